The lowest BCUT2D eigenvalue weighted by atomic mass is 9.56. The van der Waals surface area contributed by atoms with Crippen LogP contribution >= 0.6 is 0 Å². The highest BCUT2D eigenvalue weighted by Crippen LogP contribution is 2.92. The van der Waals surface area contributed by atoms with Gasteiger partial charge in [-0.25, -0.2) is 0 Å². The van der Waals surface area contributed by atoms with Gasteiger partial charge >= 0.3 is 0 Å². The SMILES string of the molecule is c1ccc([C@@]23O[C@@H]4[C@@H]5[C@H]6[C@@H]7C[C@@H]([C@@H]6[C@@H]52)[C@@H]3[C@@H]74)cc1. The van der Waals surface area contributed by atoms with Crippen LogP contribution in [0.1, 0.15) is 12.0 Å². The quantitative estimate of drug-likeness (QED) is 0.728. The van der Waals surface area contributed by atoms with Crippen LogP contribution in [0.5, 0.6) is 0 Å². The molecule has 18 heavy (non-hydrogen) atoms. The van der Waals surface area contributed by atoms with Crippen molar-refractivity contribution in [3.63, 3.8) is 0 Å². The predicted molar refractivity (Wildman–Crippen MR) is 65.5 cm³/mol. The van der Waals surface area contributed by atoms with E-state index in [1.54, 1.807) is 6.42 Å². The minimum absolute atomic E-state index is 0.179. The Morgan fingerprint density at radius 1 is 0.889 bits per heavy atom. The van der Waals surface area contributed by atoms with Gasteiger partial charge < -0.3 is 4.74 Å². The Labute approximate surface area is 107 Å². The van der Waals surface area contributed by atoms with Crippen LogP contribution in [0.2, 0.25) is 0 Å². The van der Waals surface area contributed by atoms with Crippen LogP contribution in [-0.2, 0) is 10.3 Å². The van der Waals surface area contributed by atoms with Gasteiger partial charge in [-0.05, 0) is 47.5 Å². The molecule has 5 aliphatic carbocycles. The third kappa shape index (κ3) is 0.499. The Balaban J connectivity index is 1.58. The van der Waals surface area contributed by atoms with E-state index in [0.29, 0.717) is 6.10 Å². The van der Waals surface area contributed by atoms with Crippen molar-refractivity contribution in [1.82, 2.24) is 0 Å². The first-order valence-electron chi connectivity index (χ1n) is 7.66. The largest absolute Gasteiger partial charge is 0.366 e. The van der Waals surface area contributed by atoms with Gasteiger partial charge in [0.2, 0.25) is 0 Å². The minimum atomic E-state index is 0.179. The second-order valence-electron chi connectivity index (χ2n) is 7.67. The molecule has 1 nitrogen and oxygen atoms in total. The Bertz CT molecular complexity index is 585. The molecule has 4 bridgehead atoms. The van der Waals surface area contributed by atoms with Crippen LogP contribution in [0.3, 0.4) is 0 Å². The molecule has 0 aromatic heterocycles. The summed E-state index contributed by atoms with van der Waals surface area (Å²) in [7, 11) is 0. The lowest BCUT2D eigenvalue weighted by Crippen LogP contribution is -2.47. The smallest absolute Gasteiger partial charge is 0.100 e. The van der Waals surface area contributed by atoms with Crippen molar-refractivity contribution in [2.24, 2.45) is 47.3 Å². The highest BCUT2D eigenvalue weighted by Gasteiger charge is 2.92. The average molecular weight is 236 g/mol. The molecular weight excluding hydrogens is 220 g/mol. The normalized spacial score (nSPS) is 70.6. The maximum absolute atomic E-state index is 6.74. The first kappa shape index (κ1) is 8.37. The van der Waals surface area contributed by atoms with Crippen molar-refractivity contribution in [1.29, 1.82) is 0 Å². The number of hydrogen-bond donors (Lipinski definition) is 0. The number of benzene rings is 1. The topological polar surface area (TPSA) is 9.23 Å². The standard InChI is InChI=1S/C17H16O/c1-2-4-7(5-3-1)17-14-9-6-8-10-11(9)15(17)13(10)16(18-17)12(8)14/h1-5,8-16H,6H2/t8-,9-,10-,11-,12+,13+,14+,15-,16-,17-/m0/s1. The van der Waals surface area contributed by atoms with Crippen LogP contribution in [0.15, 0.2) is 30.3 Å². The van der Waals surface area contributed by atoms with E-state index >= 15 is 0 Å². The van der Waals surface area contributed by atoms with Gasteiger partial charge in [0.15, 0.2) is 0 Å². The molecule has 2 heterocycles. The van der Waals surface area contributed by atoms with Gasteiger partial charge in [-0.1, -0.05) is 30.3 Å². The summed E-state index contributed by atoms with van der Waals surface area (Å²) in [6.07, 6.45) is 2.23. The number of hydrogen-bond acceptors (Lipinski definition) is 1. The molecule has 10 atom stereocenters. The summed E-state index contributed by atoms with van der Waals surface area (Å²) < 4.78 is 6.74. The fraction of sp³-hybridized carbons (Fsp3) is 0.647. The average Bonchev–Trinajstić information content (AvgIpc) is 3.01. The minimum Gasteiger partial charge on any atom is -0.366 e. The molecule has 1 aromatic carbocycles. The molecule has 0 spiro atoms. The van der Waals surface area contributed by atoms with E-state index < -0.39 is 0 Å². The second-order valence-corrected chi connectivity index (χ2v) is 7.67. The Kier molecular flexibility index (Phi) is 0.975. The lowest BCUT2D eigenvalue weighted by molar-refractivity contribution is -0.0356. The van der Waals surface area contributed by atoms with Gasteiger partial charge in [0.05, 0.1) is 6.10 Å². The Morgan fingerprint density at radius 2 is 1.78 bits per heavy atom. The summed E-state index contributed by atoms with van der Waals surface area (Å²) in [4.78, 5) is 0. The molecule has 0 radical (unpaired) electrons. The van der Waals surface area contributed by atoms with E-state index in [1.807, 2.05) is 0 Å². The third-order valence-corrected chi connectivity index (χ3v) is 7.93. The Hall–Kier alpha value is -0.820. The second kappa shape index (κ2) is 2.10. The van der Waals surface area contributed by atoms with Crippen molar-refractivity contribution in [3.8, 4) is 0 Å². The zero-order chi connectivity index (χ0) is 11.2. The van der Waals surface area contributed by atoms with Crippen LogP contribution in [0.25, 0.3) is 0 Å². The van der Waals surface area contributed by atoms with Crippen molar-refractivity contribution in [2.75, 3.05) is 0 Å². The zero-order valence-electron chi connectivity index (χ0n) is 10.2. The summed E-state index contributed by atoms with van der Waals surface area (Å²) in [6, 6.07) is 11.2. The fourth-order valence-corrected chi connectivity index (χ4v) is 8.17. The molecular formula is C17H16O. The monoisotopic (exact) mass is 236 g/mol. The summed E-state index contributed by atoms with van der Waals surface area (Å²) in [5, 5.41) is 0. The predicted octanol–water partition coefficient (Wildman–Crippen LogP) is 2.67. The van der Waals surface area contributed by atoms with Gasteiger partial charge in [-0.3, -0.25) is 0 Å². The van der Waals surface area contributed by atoms with Crippen LogP contribution in [0, 0.1) is 47.3 Å². The molecule has 2 saturated heterocycles. The summed E-state index contributed by atoms with van der Waals surface area (Å²) in [5.41, 5.74) is 1.70. The molecule has 7 aliphatic rings. The highest BCUT2D eigenvalue weighted by atomic mass is 16.5. The third-order valence-electron chi connectivity index (χ3n) is 7.93. The molecule has 7 fully saturated rings. The van der Waals surface area contributed by atoms with E-state index in [0.717, 1.165) is 47.3 Å². The maximum atomic E-state index is 6.74. The molecule has 1 aromatic rings. The molecule has 90 valence electrons. The molecule has 8 rings (SSSR count). The van der Waals surface area contributed by atoms with Gasteiger partial charge in [0, 0.05) is 11.8 Å². The van der Waals surface area contributed by atoms with Crippen molar-refractivity contribution in [2.45, 2.75) is 18.1 Å². The van der Waals surface area contributed by atoms with E-state index in [9.17, 15) is 0 Å². The molecule has 0 N–H and O–H groups in total. The zero-order valence-corrected chi connectivity index (χ0v) is 10.2. The first-order valence-corrected chi connectivity index (χ1v) is 7.66. The summed E-state index contributed by atoms with van der Waals surface area (Å²) >= 11 is 0. The van der Waals surface area contributed by atoms with Crippen LogP contribution < -0.4 is 0 Å². The summed E-state index contributed by atoms with van der Waals surface area (Å²) in [5.74, 6) is 8.01. The van der Waals surface area contributed by atoms with Crippen molar-refractivity contribution < 1.29 is 4.74 Å². The van der Waals surface area contributed by atoms with E-state index in [-0.39, 0.29) is 5.60 Å². The molecule has 1 heteroatoms. The first-order chi connectivity index (χ1) is 8.93. The van der Waals surface area contributed by atoms with Gasteiger partial charge in [-0.15, -0.1) is 0 Å². The molecule has 0 unspecified atom stereocenters. The van der Waals surface area contributed by atoms with Gasteiger partial charge in [0.1, 0.15) is 5.60 Å². The van der Waals surface area contributed by atoms with Crippen molar-refractivity contribution in [3.05, 3.63) is 35.9 Å². The molecule has 2 aliphatic heterocycles. The Morgan fingerprint density at radius 3 is 2.67 bits per heavy atom. The lowest BCUT2D eigenvalue weighted by Gasteiger charge is -2.46. The van der Waals surface area contributed by atoms with E-state index in [2.05, 4.69) is 30.3 Å². The fourth-order valence-electron chi connectivity index (χ4n) is 8.17. The number of rotatable bonds is 1. The highest BCUT2D eigenvalue weighted by molar-refractivity contribution is 5.44. The van der Waals surface area contributed by atoms with E-state index in [1.165, 1.54) is 5.56 Å². The molecule has 0 amide bonds. The van der Waals surface area contributed by atoms with Gasteiger partial charge in [0.25, 0.3) is 0 Å². The van der Waals surface area contributed by atoms with E-state index in [4.69, 9.17) is 4.74 Å². The van der Waals surface area contributed by atoms with Crippen molar-refractivity contribution >= 4 is 0 Å². The molecule has 5 saturated carbocycles. The maximum Gasteiger partial charge on any atom is 0.100 e. The number of ether oxygens (including phenoxy) is 1. The van der Waals surface area contributed by atoms with Crippen LogP contribution in [0.4, 0.5) is 0 Å². The summed E-state index contributed by atoms with van der Waals surface area (Å²) in [6.45, 7) is 0. The van der Waals surface area contributed by atoms with Crippen LogP contribution in [-0.4, -0.2) is 6.10 Å². The van der Waals surface area contributed by atoms with Gasteiger partial charge in [-0.2, -0.15) is 0 Å².